The van der Waals surface area contributed by atoms with Crippen molar-refractivity contribution in [2.45, 2.75) is 18.9 Å². The number of nitrogens with zero attached hydrogens (tertiary/aromatic N) is 2. The minimum Gasteiger partial charge on any atom is -0.464 e. The minimum absolute atomic E-state index is 0.347. The van der Waals surface area contributed by atoms with Gasteiger partial charge in [0, 0.05) is 25.3 Å². The molecule has 0 amide bonds. The summed E-state index contributed by atoms with van der Waals surface area (Å²) in [5.74, 6) is 1.03. The molecule has 84 valence electrons. The molecule has 0 bridgehead atoms. The molecular weight excluding hydrogens is 202 g/mol. The van der Waals surface area contributed by atoms with Crippen LogP contribution in [0.4, 0.5) is 5.82 Å². The van der Waals surface area contributed by atoms with Crippen LogP contribution < -0.4 is 10.6 Å². The van der Waals surface area contributed by atoms with E-state index in [1.54, 1.807) is 12.5 Å². The number of fused-ring (bicyclic) bond motifs is 1. The average molecular weight is 217 g/mol. The highest BCUT2D eigenvalue weighted by Gasteiger charge is 2.19. The van der Waals surface area contributed by atoms with Gasteiger partial charge in [0.15, 0.2) is 0 Å². The molecule has 2 aromatic rings. The quantitative estimate of drug-likeness (QED) is 0.790. The van der Waals surface area contributed by atoms with Crippen molar-refractivity contribution < 1.29 is 4.42 Å². The van der Waals surface area contributed by atoms with E-state index in [2.05, 4.69) is 9.88 Å². The lowest BCUT2D eigenvalue weighted by atomic mass is 10.1. The van der Waals surface area contributed by atoms with Gasteiger partial charge in [-0.25, -0.2) is 4.98 Å². The van der Waals surface area contributed by atoms with E-state index in [-0.39, 0.29) is 0 Å². The third-order valence-electron chi connectivity index (χ3n) is 3.20. The van der Waals surface area contributed by atoms with Gasteiger partial charge in [0.05, 0.1) is 11.6 Å². The molecule has 0 atom stereocenters. The van der Waals surface area contributed by atoms with Crippen molar-refractivity contribution in [3.63, 3.8) is 0 Å². The molecule has 4 nitrogen and oxygen atoms in total. The fourth-order valence-electron chi connectivity index (χ4n) is 2.24. The zero-order valence-electron chi connectivity index (χ0n) is 9.10. The van der Waals surface area contributed by atoms with Crippen LogP contribution in [0.25, 0.3) is 11.0 Å². The molecule has 1 saturated heterocycles. The fourth-order valence-corrected chi connectivity index (χ4v) is 2.24. The Hall–Kier alpha value is -1.55. The second-order valence-electron chi connectivity index (χ2n) is 4.29. The molecule has 0 spiro atoms. The highest BCUT2D eigenvalue weighted by molar-refractivity contribution is 5.88. The van der Waals surface area contributed by atoms with E-state index in [0.717, 1.165) is 42.7 Å². The molecule has 2 N–H and O–H groups in total. The molecule has 1 fully saturated rings. The van der Waals surface area contributed by atoms with Gasteiger partial charge in [-0.1, -0.05) is 0 Å². The van der Waals surface area contributed by atoms with Crippen LogP contribution in [0, 0.1) is 0 Å². The summed E-state index contributed by atoms with van der Waals surface area (Å²) >= 11 is 0. The Labute approximate surface area is 94.0 Å². The van der Waals surface area contributed by atoms with Gasteiger partial charge in [0.2, 0.25) is 0 Å². The highest BCUT2D eigenvalue weighted by Crippen LogP contribution is 2.26. The summed E-state index contributed by atoms with van der Waals surface area (Å²) in [5.41, 5.74) is 6.80. The zero-order chi connectivity index (χ0) is 11.0. The second kappa shape index (κ2) is 3.79. The van der Waals surface area contributed by atoms with Gasteiger partial charge >= 0.3 is 0 Å². The van der Waals surface area contributed by atoms with Gasteiger partial charge in [0.1, 0.15) is 11.4 Å². The van der Waals surface area contributed by atoms with Crippen LogP contribution in [0.5, 0.6) is 0 Å². The Morgan fingerprint density at radius 1 is 1.31 bits per heavy atom. The zero-order valence-corrected chi connectivity index (χ0v) is 9.10. The number of nitrogens with two attached hydrogens (primary N) is 1. The number of piperidine rings is 1. The van der Waals surface area contributed by atoms with Crippen molar-refractivity contribution >= 4 is 16.8 Å². The highest BCUT2D eigenvalue weighted by atomic mass is 16.3. The topological polar surface area (TPSA) is 55.3 Å². The number of anilines is 1. The minimum atomic E-state index is 0.347. The predicted molar refractivity (Wildman–Crippen MR) is 63.4 cm³/mol. The number of hydrogen-bond acceptors (Lipinski definition) is 4. The summed E-state index contributed by atoms with van der Waals surface area (Å²) < 4.78 is 5.38. The molecule has 3 heterocycles. The molecule has 2 aromatic heterocycles. The normalized spacial score (nSPS) is 18.2. The van der Waals surface area contributed by atoms with Crippen LogP contribution in [-0.4, -0.2) is 24.1 Å². The Morgan fingerprint density at radius 2 is 2.12 bits per heavy atom. The Bertz CT molecular complexity index is 486. The molecule has 4 heteroatoms. The van der Waals surface area contributed by atoms with Crippen LogP contribution in [0.3, 0.4) is 0 Å². The lowest BCUT2D eigenvalue weighted by molar-refractivity contribution is 0.499. The van der Waals surface area contributed by atoms with Crippen LogP contribution in [0.2, 0.25) is 0 Å². The summed E-state index contributed by atoms with van der Waals surface area (Å²) in [4.78, 5) is 6.75. The maximum Gasteiger partial charge on any atom is 0.139 e. The Balaban J connectivity index is 1.96. The van der Waals surface area contributed by atoms with E-state index in [0.29, 0.717) is 6.04 Å². The van der Waals surface area contributed by atoms with Crippen molar-refractivity contribution in [1.82, 2.24) is 4.98 Å². The maximum atomic E-state index is 5.90. The first-order chi connectivity index (χ1) is 7.84. The molecule has 0 unspecified atom stereocenters. The predicted octanol–water partition coefficient (Wildman–Crippen LogP) is 1.76. The molecule has 0 aromatic carbocycles. The average Bonchev–Trinajstić information content (AvgIpc) is 2.78. The third kappa shape index (κ3) is 1.55. The number of rotatable bonds is 1. The molecule has 0 aliphatic carbocycles. The van der Waals surface area contributed by atoms with Crippen LogP contribution >= 0.6 is 0 Å². The van der Waals surface area contributed by atoms with Crippen molar-refractivity contribution in [2.75, 3.05) is 18.0 Å². The summed E-state index contributed by atoms with van der Waals surface area (Å²) in [6.07, 6.45) is 5.59. The largest absolute Gasteiger partial charge is 0.464 e. The first-order valence-electron chi connectivity index (χ1n) is 5.67. The summed E-state index contributed by atoms with van der Waals surface area (Å²) in [5, 5.41) is 1.10. The summed E-state index contributed by atoms with van der Waals surface area (Å²) in [6.45, 7) is 1.97. The van der Waals surface area contributed by atoms with Crippen LogP contribution in [0.1, 0.15) is 12.8 Å². The molecule has 0 radical (unpaired) electrons. The van der Waals surface area contributed by atoms with Crippen molar-refractivity contribution in [3.8, 4) is 0 Å². The Kier molecular flexibility index (Phi) is 2.29. The standard InChI is InChI=1S/C12H15N3O/c13-9-2-6-15(7-3-9)12-10-4-8-16-11(10)1-5-14-12/h1,4-5,8-9H,2-3,6-7,13H2. The molecule has 1 aliphatic heterocycles. The van der Waals surface area contributed by atoms with E-state index < -0.39 is 0 Å². The maximum absolute atomic E-state index is 5.90. The van der Waals surface area contributed by atoms with E-state index in [1.165, 1.54) is 0 Å². The Morgan fingerprint density at radius 3 is 2.94 bits per heavy atom. The van der Waals surface area contributed by atoms with Gasteiger partial charge in [-0.2, -0.15) is 0 Å². The molecule has 1 aliphatic rings. The van der Waals surface area contributed by atoms with E-state index >= 15 is 0 Å². The number of furan rings is 1. The third-order valence-corrected chi connectivity index (χ3v) is 3.20. The number of pyridine rings is 1. The SMILES string of the molecule is NC1CCN(c2nccc3occc23)CC1. The van der Waals surface area contributed by atoms with E-state index in [1.807, 2.05) is 12.1 Å². The van der Waals surface area contributed by atoms with Gasteiger partial charge in [-0.05, 0) is 25.0 Å². The number of hydrogen-bond donors (Lipinski definition) is 1. The first kappa shape index (κ1) is 9.66. The van der Waals surface area contributed by atoms with Gasteiger partial charge < -0.3 is 15.1 Å². The van der Waals surface area contributed by atoms with Gasteiger partial charge in [0.25, 0.3) is 0 Å². The van der Waals surface area contributed by atoms with Crippen LogP contribution in [-0.2, 0) is 0 Å². The number of aromatic nitrogens is 1. The molecule has 3 rings (SSSR count). The second-order valence-corrected chi connectivity index (χ2v) is 4.29. The summed E-state index contributed by atoms with van der Waals surface area (Å²) in [7, 11) is 0. The molecule has 16 heavy (non-hydrogen) atoms. The van der Waals surface area contributed by atoms with E-state index in [9.17, 15) is 0 Å². The first-order valence-corrected chi connectivity index (χ1v) is 5.67. The van der Waals surface area contributed by atoms with Crippen molar-refractivity contribution in [2.24, 2.45) is 5.73 Å². The van der Waals surface area contributed by atoms with Gasteiger partial charge in [-0.3, -0.25) is 0 Å². The fraction of sp³-hybridized carbons (Fsp3) is 0.417. The molecule has 0 saturated carbocycles. The molecular formula is C12H15N3O. The lowest BCUT2D eigenvalue weighted by Crippen LogP contribution is -2.40. The van der Waals surface area contributed by atoms with Gasteiger partial charge in [-0.15, -0.1) is 0 Å². The smallest absolute Gasteiger partial charge is 0.139 e. The summed E-state index contributed by atoms with van der Waals surface area (Å²) in [6, 6.07) is 4.22. The van der Waals surface area contributed by atoms with Crippen molar-refractivity contribution in [1.29, 1.82) is 0 Å². The van der Waals surface area contributed by atoms with Crippen LogP contribution in [0.15, 0.2) is 29.0 Å². The van der Waals surface area contributed by atoms with E-state index in [4.69, 9.17) is 10.2 Å². The van der Waals surface area contributed by atoms with Crippen molar-refractivity contribution in [3.05, 3.63) is 24.6 Å². The lowest BCUT2D eigenvalue weighted by Gasteiger charge is -2.31. The monoisotopic (exact) mass is 217 g/mol.